The van der Waals surface area contributed by atoms with Crippen molar-refractivity contribution in [3.63, 3.8) is 0 Å². The second-order valence-corrected chi connectivity index (χ2v) is 9.60. The van der Waals surface area contributed by atoms with Crippen molar-refractivity contribution in [1.29, 1.82) is 0 Å². The lowest BCUT2D eigenvalue weighted by Crippen LogP contribution is -2.38. The zero-order valence-corrected chi connectivity index (χ0v) is 17.7. The topological polar surface area (TPSA) is 97.1 Å². The Bertz CT molecular complexity index is 961. The van der Waals surface area contributed by atoms with Crippen molar-refractivity contribution in [1.82, 2.24) is 20.1 Å². The van der Waals surface area contributed by atoms with E-state index in [1.54, 1.807) is 0 Å². The summed E-state index contributed by atoms with van der Waals surface area (Å²) in [6.45, 7) is 8.19. The van der Waals surface area contributed by atoms with Gasteiger partial charge in [-0.2, -0.15) is 5.10 Å². The Hall–Kier alpha value is -2.44. The minimum Gasteiger partial charge on any atom is -0.481 e. The summed E-state index contributed by atoms with van der Waals surface area (Å²) in [5, 5.41) is 17.9. The van der Waals surface area contributed by atoms with Crippen LogP contribution < -0.4 is 5.32 Å². The van der Waals surface area contributed by atoms with Gasteiger partial charge in [0.1, 0.15) is 0 Å². The molecule has 0 aromatic carbocycles. The summed E-state index contributed by atoms with van der Waals surface area (Å²) < 4.78 is 1.93. The fraction of sp³-hybridized carbons (Fsp3) is 0.636. The van der Waals surface area contributed by atoms with Crippen molar-refractivity contribution in [2.75, 3.05) is 0 Å². The first-order chi connectivity index (χ1) is 13.6. The third kappa shape index (κ3) is 3.87. The molecular formula is C22H30N4O3. The van der Waals surface area contributed by atoms with E-state index in [9.17, 15) is 14.7 Å². The molecule has 0 atom stereocenters. The Morgan fingerprint density at radius 2 is 1.79 bits per heavy atom. The molecule has 2 heterocycles. The van der Waals surface area contributed by atoms with Gasteiger partial charge in [0.15, 0.2) is 5.65 Å². The van der Waals surface area contributed by atoms with Crippen molar-refractivity contribution >= 4 is 22.9 Å². The predicted molar refractivity (Wildman–Crippen MR) is 110 cm³/mol. The van der Waals surface area contributed by atoms with Gasteiger partial charge in [0, 0.05) is 17.7 Å². The van der Waals surface area contributed by atoms with E-state index >= 15 is 0 Å². The number of hydrogen-bond donors (Lipinski definition) is 2. The lowest BCUT2D eigenvalue weighted by atomic mass is 9.86. The van der Waals surface area contributed by atoms with Crippen LogP contribution >= 0.6 is 0 Å². The molecule has 0 saturated heterocycles. The summed E-state index contributed by atoms with van der Waals surface area (Å²) in [5.74, 6) is -0.690. The highest BCUT2D eigenvalue weighted by Gasteiger charge is 2.32. The molecule has 0 spiro atoms. The number of aryl methyl sites for hydroxylation is 1. The maximum atomic E-state index is 13.3. The summed E-state index contributed by atoms with van der Waals surface area (Å²) >= 11 is 0. The Morgan fingerprint density at radius 3 is 2.34 bits per heavy atom. The van der Waals surface area contributed by atoms with Gasteiger partial charge in [0.05, 0.1) is 28.1 Å². The highest BCUT2D eigenvalue weighted by Crippen LogP contribution is 2.41. The minimum atomic E-state index is -0.732. The maximum Gasteiger partial charge on any atom is 0.306 e. The van der Waals surface area contributed by atoms with Crippen LogP contribution in [0.5, 0.6) is 0 Å². The zero-order valence-electron chi connectivity index (χ0n) is 17.7. The van der Waals surface area contributed by atoms with Gasteiger partial charge in [-0.05, 0) is 72.3 Å². The first kappa shape index (κ1) is 19.9. The molecule has 4 rings (SSSR count). The lowest BCUT2D eigenvalue weighted by molar-refractivity contribution is -0.142. The van der Waals surface area contributed by atoms with Crippen LogP contribution in [0, 0.1) is 12.8 Å². The van der Waals surface area contributed by atoms with Crippen LogP contribution in [0.2, 0.25) is 0 Å². The van der Waals surface area contributed by atoms with Gasteiger partial charge >= 0.3 is 5.97 Å². The molecule has 2 saturated carbocycles. The number of hydrogen-bond acceptors (Lipinski definition) is 4. The van der Waals surface area contributed by atoms with E-state index in [0.717, 1.165) is 35.3 Å². The van der Waals surface area contributed by atoms with Crippen molar-refractivity contribution in [2.24, 2.45) is 5.92 Å². The summed E-state index contributed by atoms with van der Waals surface area (Å²) in [6, 6.07) is 1.96. The Labute approximate surface area is 170 Å². The normalized spacial score (nSPS) is 22.6. The van der Waals surface area contributed by atoms with Gasteiger partial charge in [-0.15, -0.1) is 0 Å². The van der Waals surface area contributed by atoms with Crippen LogP contribution in [-0.4, -0.2) is 37.8 Å². The number of aromatic nitrogens is 3. The van der Waals surface area contributed by atoms with E-state index in [1.165, 1.54) is 0 Å². The second-order valence-electron chi connectivity index (χ2n) is 9.60. The van der Waals surface area contributed by atoms with E-state index < -0.39 is 5.97 Å². The minimum absolute atomic E-state index is 0.0173. The molecule has 2 aliphatic rings. The molecule has 2 aliphatic carbocycles. The highest BCUT2D eigenvalue weighted by molar-refractivity contribution is 6.06. The number of rotatable bonds is 4. The first-order valence-corrected chi connectivity index (χ1v) is 10.6. The van der Waals surface area contributed by atoms with Crippen molar-refractivity contribution in [3.8, 4) is 0 Å². The molecule has 0 aliphatic heterocycles. The number of carbonyl (C=O) groups is 2. The predicted octanol–water partition coefficient (Wildman–Crippen LogP) is 3.75. The average Bonchev–Trinajstić information content (AvgIpc) is 3.44. The third-order valence-electron chi connectivity index (χ3n) is 6.12. The molecule has 0 bridgehead atoms. The number of pyridine rings is 1. The van der Waals surface area contributed by atoms with Crippen molar-refractivity contribution in [3.05, 3.63) is 23.0 Å². The van der Waals surface area contributed by atoms with Crippen LogP contribution in [-0.2, 0) is 10.3 Å². The summed E-state index contributed by atoms with van der Waals surface area (Å²) in [4.78, 5) is 29.3. The molecule has 156 valence electrons. The van der Waals surface area contributed by atoms with Gasteiger partial charge in [-0.1, -0.05) is 0 Å². The van der Waals surface area contributed by atoms with Crippen LogP contribution in [0.15, 0.2) is 6.07 Å². The Balaban J connectivity index is 1.66. The smallest absolute Gasteiger partial charge is 0.306 e. The van der Waals surface area contributed by atoms with E-state index in [-0.39, 0.29) is 23.4 Å². The number of carbonyl (C=O) groups excluding carboxylic acids is 1. The molecule has 7 heteroatoms. The number of nitrogens with zero attached hydrogens (tertiary/aromatic N) is 3. The highest BCUT2D eigenvalue weighted by atomic mass is 16.4. The standard InChI is InChI=1S/C22H30N4O3/c1-12-18-16(20(27)23-15-9-7-14(8-10-15)21(28)29)11-17(13-5-6-13)24-19(18)26(25-12)22(2,3)4/h11,13-15H,5-10H2,1-4H3,(H,23,27)(H,28,29). The Morgan fingerprint density at radius 1 is 1.14 bits per heavy atom. The molecule has 0 radical (unpaired) electrons. The molecule has 7 nitrogen and oxygen atoms in total. The van der Waals surface area contributed by atoms with E-state index in [1.807, 2.05) is 17.7 Å². The second kappa shape index (κ2) is 7.11. The fourth-order valence-electron chi connectivity index (χ4n) is 4.29. The van der Waals surface area contributed by atoms with E-state index in [0.29, 0.717) is 37.2 Å². The Kier molecular flexibility index (Phi) is 4.87. The van der Waals surface area contributed by atoms with Crippen LogP contribution in [0.25, 0.3) is 11.0 Å². The number of amides is 1. The summed E-state index contributed by atoms with van der Waals surface area (Å²) in [7, 11) is 0. The molecule has 29 heavy (non-hydrogen) atoms. The van der Waals surface area contributed by atoms with Crippen molar-refractivity contribution < 1.29 is 14.7 Å². The molecule has 0 unspecified atom stereocenters. The average molecular weight is 399 g/mol. The lowest BCUT2D eigenvalue weighted by Gasteiger charge is -2.27. The number of carboxylic acids is 1. The maximum absolute atomic E-state index is 13.3. The van der Waals surface area contributed by atoms with Crippen LogP contribution in [0.4, 0.5) is 0 Å². The third-order valence-corrected chi connectivity index (χ3v) is 6.12. The van der Waals surface area contributed by atoms with Crippen LogP contribution in [0.1, 0.15) is 87.0 Å². The monoisotopic (exact) mass is 398 g/mol. The number of fused-ring (bicyclic) bond motifs is 1. The van der Waals surface area contributed by atoms with Gasteiger partial charge in [0.25, 0.3) is 5.91 Å². The van der Waals surface area contributed by atoms with Gasteiger partial charge in [-0.25, -0.2) is 9.67 Å². The molecule has 1 amide bonds. The van der Waals surface area contributed by atoms with E-state index in [2.05, 4.69) is 26.1 Å². The van der Waals surface area contributed by atoms with Gasteiger partial charge in [0.2, 0.25) is 0 Å². The molecule has 2 fully saturated rings. The number of carboxylic acid groups (broad SMARTS) is 1. The quantitative estimate of drug-likeness (QED) is 0.818. The SMILES string of the molecule is Cc1nn(C(C)(C)C)c2nc(C3CC3)cc(C(=O)NC3CCC(C(=O)O)CC3)c12. The van der Waals surface area contributed by atoms with E-state index in [4.69, 9.17) is 10.1 Å². The fourth-order valence-corrected chi connectivity index (χ4v) is 4.29. The van der Waals surface area contributed by atoms with Crippen molar-refractivity contribution in [2.45, 2.75) is 83.7 Å². The molecule has 2 N–H and O–H groups in total. The van der Waals surface area contributed by atoms with Gasteiger partial charge in [-0.3, -0.25) is 9.59 Å². The first-order valence-electron chi connectivity index (χ1n) is 10.6. The number of aliphatic carboxylic acids is 1. The van der Waals surface area contributed by atoms with Crippen LogP contribution in [0.3, 0.4) is 0 Å². The van der Waals surface area contributed by atoms with Gasteiger partial charge < -0.3 is 10.4 Å². The zero-order chi connectivity index (χ0) is 20.9. The molecule has 2 aromatic heterocycles. The largest absolute Gasteiger partial charge is 0.481 e. The summed E-state index contributed by atoms with van der Waals surface area (Å²) in [6.07, 6.45) is 4.85. The molecular weight excluding hydrogens is 368 g/mol. The number of nitrogens with one attached hydrogen (secondary N) is 1. The molecule has 2 aromatic rings. The summed E-state index contributed by atoms with van der Waals surface area (Å²) in [5.41, 5.74) is 2.97.